The quantitative estimate of drug-likeness (QED) is 0.789. The summed E-state index contributed by atoms with van der Waals surface area (Å²) >= 11 is 4.56. The lowest BCUT2D eigenvalue weighted by Gasteiger charge is -2.25. The molecule has 0 aromatic heterocycles. The number of thiol groups is 1. The van der Waals surface area contributed by atoms with Crippen molar-refractivity contribution in [3.8, 4) is 0 Å². The fourth-order valence-corrected chi connectivity index (χ4v) is 3.45. The summed E-state index contributed by atoms with van der Waals surface area (Å²) < 4.78 is 0. The Morgan fingerprint density at radius 2 is 2.00 bits per heavy atom. The summed E-state index contributed by atoms with van der Waals surface area (Å²) in [6.07, 6.45) is 5.52. The Hall–Kier alpha value is -0.470. The van der Waals surface area contributed by atoms with E-state index in [0.717, 1.165) is 11.7 Å². The van der Waals surface area contributed by atoms with Gasteiger partial charge in [-0.1, -0.05) is 43.7 Å². The molecule has 0 spiro atoms. The topological polar surface area (TPSA) is 3.24 Å². The van der Waals surface area contributed by atoms with Gasteiger partial charge >= 0.3 is 0 Å². The number of likely N-dealkylation sites (tertiary alicyclic amines) is 1. The molecule has 1 saturated heterocycles. The third-order valence-electron chi connectivity index (χ3n) is 4.49. The minimum Gasteiger partial charge on any atom is -0.303 e. The maximum Gasteiger partial charge on any atom is 0.00581 e. The van der Waals surface area contributed by atoms with E-state index in [1.807, 2.05) is 0 Å². The second-order valence-corrected chi connectivity index (χ2v) is 6.16. The smallest absolute Gasteiger partial charge is 0.00581 e. The van der Waals surface area contributed by atoms with Crippen LogP contribution in [-0.2, 0) is 0 Å². The molecule has 0 N–H and O–H groups in total. The number of rotatable bonds is 5. The third-order valence-corrected chi connectivity index (χ3v) is 4.93. The molecule has 2 unspecified atom stereocenters. The zero-order chi connectivity index (χ0) is 13.5. The van der Waals surface area contributed by atoms with Crippen LogP contribution in [-0.4, -0.2) is 30.3 Å². The lowest BCUT2D eigenvalue weighted by Crippen LogP contribution is -2.30. The normalized spacial score (nSPS) is 22.9. The molecule has 0 radical (unpaired) electrons. The minimum atomic E-state index is 0.572. The summed E-state index contributed by atoms with van der Waals surface area (Å²) in [5, 5.41) is 0. The van der Waals surface area contributed by atoms with E-state index in [1.165, 1.54) is 50.9 Å². The first-order valence-corrected chi connectivity index (χ1v) is 8.35. The van der Waals surface area contributed by atoms with Crippen molar-refractivity contribution in [2.45, 2.75) is 38.5 Å². The summed E-state index contributed by atoms with van der Waals surface area (Å²) in [4.78, 5) is 2.66. The van der Waals surface area contributed by atoms with E-state index < -0.39 is 0 Å². The summed E-state index contributed by atoms with van der Waals surface area (Å²) in [5.41, 5.74) is 1.44. The number of hydrogen-bond donors (Lipinski definition) is 1. The molecule has 0 saturated carbocycles. The largest absolute Gasteiger partial charge is 0.303 e. The first-order valence-electron chi connectivity index (χ1n) is 7.71. The van der Waals surface area contributed by atoms with Gasteiger partial charge in [0.2, 0.25) is 0 Å². The molecular formula is C17H27NS. The molecule has 0 aliphatic carbocycles. The molecule has 2 heteroatoms. The van der Waals surface area contributed by atoms with Crippen LogP contribution in [0.3, 0.4) is 0 Å². The van der Waals surface area contributed by atoms with Crippen molar-refractivity contribution in [2.24, 2.45) is 5.92 Å². The van der Waals surface area contributed by atoms with Gasteiger partial charge in [0.25, 0.3) is 0 Å². The van der Waals surface area contributed by atoms with E-state index in [-0.39, 0.29) is 0 Å². The Morgan fingerprint density at radius 3 is 2.68 bits per heavy atom. The van der Waals surface area contributed by atoms with Crippen LogP contribution in [0.25, 0.3) is 0 Å². The van der Waals surface area contributed by atoms with Crippen LogP contribution < -0.4 is 0 Å². The first kappa shape index (κ1) is 14.9. The molecule has 19 heavy (non-hydrogen) atoms. The molecule has 1 aliphatic rings. The van der Waals surface area contributed by atoms with Crippen molar-refractivity contribution in [1.29, 1.82) is 0 Å². The van der Waals surface area contributed by atoms with Gasteiger partial charge in [-0.15, -0.1) is 0 Å². The predicted molar refractivity (Wildman–Crippen MR) is 87.1 cm³/mol. The van der Waals surface area contributed by atoms with E-state index in [0.29, 0.717) is 5.92 Å². The van der Waals surface area contributed by atoms with Crippen molar-refractivity contribution < 1.29 is 0 Å². The van der Waals surface area contributed by atoms with Gasteiger partial charge in [-0.05, 0) is 49.6 Å². The van der Waals surface area contributed by atoms with Crippen molar-refractivity contribution in [3.05, 3.63) is 35.9 Å². The number of benzene rings is 1. The summed E-state index contributed by atoms with van der Waals surface area (Å²) in [6, 6.07) is 10.9. The molecule has 1 heterocycles. The van der Waals surface area contributed by atoms with Gasteiger partial charge in [-0.3, -0.25) is 0 Å². The number of nitrogens with zero attached hydrogens (tertiary/aromatic N) is 1. The molecule has 1 aromatic rings. The van der Waals surface area contributed by atoms with Crippen molar-refractivity contribution in [3.63, 3.8) is 0 Å². The van der Waals surface area contributed by atoms with Gasteiger partial charge in [-0.2, -0.15) is 12.6 Å². The SMILES string of the molecule is CCC1CCCN(CC(CS)c2ccccc2)CC1. The summed E-state index contributed by atoms with van der Waals surface area (Å²) in [7, 11) is 0. The van der Waals surface area contributed by atoms with Gasteiger partial charge in [0.1, 0.15) is 0 Å². The van der Waals surface area contributed by atoms with E-state index in [4.69, 9.17) is 0 Å². The van der Waals surface area contributed by atoms with Gasteiger partial charge in [0.05, 0.1) is 0 Å². The Kier molecular flexibility index (Phi) is 6.25. The zero-order valence-electron chi connectivity index (χ0n) is 12.1. The molecular weight excluding hydrogens is 250 g/mol. The maximum atomic E-state index is 4.56. The van der Waals surface area contributed by atoms with E-state index in [9.17, 15) is 0 Å². The molecule has 2 rings (SSSR count). The standard InChI is InChI=1S/C17H27NS/c1-2-15-7-6-11-18(12-10-15)13-17(14-19)16-8-4-3-5-9-16/h3-5,8-9,15,17,19H,2,6-7,10-14H2,1H3. The van der Waals surface area contributed by atoms with E-state index in [2.05, 4.69) is 54.8 Å². The monoisotopic (exact) mass is 277 g/mol. The lowest BCUT2D eigenvalue weighted by molar-refractivity contribution is 0.268. The lowest BCUT2D eigenvalue weighted by atomic mass is 9.98. The van der Waals surface area contributed by atoms with Crippen LogP contribution in [0.5, 0.6) is 0 Å². The van der Waals surface area contributed by atoms with Crippen LogP contribution in [0.15, 0.2) is 30.3 Å². The average Bonchev–Trinajstić information content (AvgIpc) is 2.70. The molecule has 1 nitrogen and oxygen atoms in total. The van der Waals surface area contributed by atoms with Crippen molar-refractivity contribution in [2.75, 3.05) is 25.4 Å². The Balaban J connectivity index is 1.91. The van der Waals surface area contributed by atoms with Crippen LogP contribution in [0.4, 0.5) is 0 Å². The van der Waals surface area contributed by atoms with Gasteiger partial charge in [0, 0.05) is 12.5 Å². The predicted octanol–water partition coefficient (Wildman–Crippen LogP) is 4.21. The molecule has 2 atom stereocenters. The van der Waals surface area contributed by atoms with Gasteiger partial charge in [0.15, 0.2) is 0 Å². The average molecular weight is 277 g/mol. The Morgan fingerprint density at radius 1 is 1.21 bits per heavy atom. The highest BCUT2D eigenvalue weighted by Gasteiger charge is 2.19. The summed E-state index contributed by atoms with van der Waals surface area (Å²) in [5.74, 6) is 2.47. The molecule has 0 bridgehead atoms. The second-order valence-electron chi connectivity index (χ2n) is 5.80. The fraction of sp³-hybridized carbons (Fsp3) is 0.647. The van der Waals surface area contributed by atoms with E-state index in [1.54, 1.807) is 0 Å². The zero-order valence-corrected chi connectivity index (χ0v) is 13.0. The maximum absolute atomic E-state index is 4.56. The van der Waals surface area contributed by atoms with Crippen LogP contribution >= 0.6 is 12.6 Å². The number of hydrogen-bond acceptors (Lipinski definition) is 2. The van der Waals surface area contributed by atoms with Gasteiger partial charge < -0.3 is 4.90 Å². The van der Waals surface area contributed by atoms with Crippen molar-refractivity contribution in [1.82, 2.24) is 4.90 Å². The van der Waals surface area contributed by atoms with Crippen LogP contribution in [0.2, 0.25) is 0 Å². The summed E-state index contributed by atoms with van der Waals surface area (Å²) in [6.45, 7) is 6.05. The minimum absolute atomic E-state index is 0.572. The molecule has 1 fully saturated rings. The highest BCUT2D eigenvalue weighted by molar-refractivity contribution is 7.80. The molecule has 1 aromatic carbocycles. The first-order chi connectivity index (χ1) is 9.33. The fourth-order valence-electron chi connectivity index (χ4n) is 3.12. The van der Waals surface area contributed by atoms with Crippen LogP contribution in [0.1, 0.15) is 44.1 Å². The van der Waals surface area contributed by atoms with Crippen LogP contribution in [0, 0.1) is 5.92 Å². The Bertz CT molecular complexity index is 352. The van der Waals surface area contributed by atoms with Gasteiger partial charge in [-0.25, -0.2) is 0 Å². The third kappa shape index (κ3) is 4.54. The second kappa shape index (κ2) is 7.96. The molecule has 1 aliphatic heterocycles. The Labute approximate surface area is 123 Å². The van der Waals surface area contributed by atoms with Crippen molar-refractivity contribution >= 4 is 12.6 Å². The highest BCUT2D eigenvalue weighted by atomic mass is 32.1. The highest BCUT2D eigenvalue weighted by Crippen LogP contribution is 2.23. The van der Waals surface area contributed by atoms with E-state index >= 15 is 0 Å². The molecule has 0 amide bonds. The molecule has 106 valence electrons.